The molecular weight excluding hydrogens is 471 g/mol. The molecule has 1 fully saturated rings. The SMILES string of the molecule is [C-]#[N+]c1ccc(-c2c(-c3ccc4sc(C)nc4c3)ncc3c2ncn3CC2CCN(C)CC2)cc1F. The Hall–Kier alpha value is -3.67. The van der Waals surface area contributed by atoms with Crippen LogP contribution >= 0.6 is 11.3 Å². The summed E-state index contributed by atoms with van der Waals surface area (Å²) in [5.41, 5.74) is 5.73. The van der Waals surface area contributed by atoms with Crippen molar-refractivity contribution in [3.05, 3.63) is 71.2 Å². The summed E-state index contributed by atoms with van der Waals surface area (Å²) < 4.78 is 18.1. The van der Waals surface area contributed by atoms with Crippen LogP contribution in [-0.4, -0.2) is 44.6 Å². The van der Waals surface area contributed by atoms with Crippen LogP contribution in [0.15, 0.2) is 48.9 Å². The Balaban J connectivity index is 1.51. The third-order valence-corrected chi connectivity index (χ3v) is 8.04. The van der Waals surface area contributed by atoms with Crippen LogP contribution in [-0.2, 0) is 6.54 Å². The van der Waals surface area contributed by atoms with Crippen LogP contribution in [0.1, 0.15) is 17.8 Å². The van der Waals surface area contributed by atoms with Crippen LogP contribution in [0.25, 0.3) is 48.5 Å². The van der Waals surface area contributed by atoms with Crippen molar-refractivity contribution < 1.29 is 4.39 Å². The van der Waals surface area contributed by atoms with Gasteiger partial charge in [-0.15, -0.1) is 11.3 Å². The molecule has 6 rings (SSSR count). The number of piperidine rings is 1. The summed E-state index contributed by atoms with van der Waals surface area (Å²) in [4.78, 5) is 20.0. The molecule has 1 saturated heterocycles. The molecule has 2 aromatic carbocycles. The van der Waals surface area contributed by atoms with Gasteiger partial charge in [0.1, 0.15) is 11.3 Å². The average Bonchev–Trinajstić information content (AvgIpc) is 3.46. The van der Waals surface area contributed by atoms with Gasteiger partial charge in [-0.3, -0.25) is 4.98 Å². The van der Waals surface area contributed by atoms with E-state index in [1.807, 2.05) is 31.6 Å². The van der Waals surface area contributed by atoms with Gasteiger partial charge in [-0.25, -0.2) is 19.2 Å². The molecule has 0 unspecified atom stereocenters. The zero-order valence-electron chi connectivity index (χ0n) is 20.2. The van der Waals surface area contributed by atoms with Crippen LogP contribution in [0.3, 0.4) is 0 Å². The third-order valence-electron chi connectivity index (χ3n) is 7.09. The van der Waals surface area contributed by atoms with Crippen molar-refractivity contribution in [1.29, 1.82) is 0 Å². The Morgan fingerprint density at radius 1 is 1.11 bits per heavy atom. The highest BCUT2D eigenvalue weighted by Crippen LogP contribution is 2.39. The third kappa shape index (κ3) is 4.04. The molecule has 0 spiro atoms. The van der Waals surface area contributed by atoms with Crippen LogP contribution < -0.4 is 0 Å². The lowest BCUT2D eigenvalue weighted by Crippen LogP contribution is -2.31. The number of hydrogen-bond acceptors (Lipinski definition) is 5. The minimum absolute atomic E-state index is 0.00704. The summed E-state index contributed by atoms with van der Waals surface area (Å²) in [5, 5.41) is 1.01. The van der Waals surface area contributed by atoms with E-state index in [0.717, 1.165) is 75.6 Å². The molecule has 4 heterocycles. The Morgan fingerprint density at radius 3 is 2.69 bits per heavy atom. The van der Waals surface area contributed by atoms with Crippen molar-refractivity contribution in [3.63, 3.8) is 0 Å². The van der Waals surface area contributed by atoms with Gasteiger partial charge in [0.25, 0.3) is 0 Å². The van der Waals surface area contributed by atoms with Crippen molar-refractivity contribution in [1.82, 2.24) is 24.4 Å². The number of imidazole rings is 1. The van der Waals surface area contributed by atoms with Crippen LogP contribution in [0.5, 0.6) is 0 Å². The highest BCUT2D eigenvalue weighted by Gasteiger charge is 2.22. The highest BCUT2D eigenvalue weighted by molar-refractivity contribution is 7.18. The molecule has 180 valence electrons. The van der Waals surface area contributed by atoms with Crippen molar-refractivity contribution in [2.75, 3.05) is 20.1 Å². The van der Waals surface area contributed by atoms with E-state index in [1.54, 1.807) is 17.4 Å². The zero-order valence-corrected chi connectivity index (χ0v) is 21.0. The molecule has 0 N–H and O–H groups in total. The maximum absolute atomic E-state index is 14.8. The topological polar surface area (TPSA) is 51.2 Å². The lowest BCUT2D eigenvalue weighted by atomic mass is 9.96. The molecule has 8 heteroatoms. The first kappa shape index (κ1) is 22.8. The van der Waals surface area contributed by atoms with Gasteiger partial charge >= 0.3 is 0 Å². The normalized spacial score (nSPS) is 15.1. The Labute approximate surface area is 212 Å². The van der Waals surface area contributed by atoms with Crippen LogP contribution in [0.2, 0.25) is 0 Å². The predicted molar refractivity (Wildman–Crippen MR) is 143 cm³/mol. The maximum atomic E-state index is 14.8. The molecule has 1 aliphatic rings. The number of benzene rings is 2. The highest BCUT2D eigenvalue weighted by atomic mass is 32.1. The van der Waals surface area contributed by atoms with Gasteiger partial charge in [0, 0.05) is 17.7 Å². The fraction of sp³-hybridized carbons (Fsp3) is 0.286. The molecule has 0 amide bonds. The standard InChI is InChI=1S/C28H25FN6S/c1-17-33-23-13-20(5-7-25(23)36-17)27-26(19-4-6-22(30-2)21(29)12-19)28-24(14-31-27)35(16-32-28)15-18-8-10-34(3)11-9-18/h4-7,12-14,16,18H,8-11,15H2,1,3H3. The van der Waals surface area contributed by atoms with E-state index < -0.39 is 5.82 Å². The Kier molecular flexibility index (Phi) is 5.75. The number of halogens is 1. The van der Waals surface area contributed by atoms with E-state index in [-0.39, 0.29) is 5.69 Å². The molecule has 0 radical (unpaired) electrons. The fourth-order valence-corrected chi connectivity index (χ4v) is 5.93. The minimum Gasteiger partial charge on any atom is -0.329 e. The van der Waals surface area contributed by atoms with E-state index in [4.69, 9.17) is 16.5 Å². The number of nitrogens with zero attached hydrogens (tertiary/aromatic N) is 6. The summed E-state index contributed by atoms with van der Waals surface area (Å²) in [7, 11) is 2.17. The van der Waals surface area contributed by atoms with Gasteiger partial charge in [-0.1, -0.05) is 18.2 Å². The number of hydrogen-bond donors (Lipinski definition) is 0. The first-order valence-corrected chi connectivity index (χ1v) is 12.9. The number of aromatic nitrogens is 4. The molecule has 6 nitrogen and oxygen atoms in total. The summed E-state index contributed by atoms with van der Waals surface area (Å²) in [6.45, 7) is 12.3. The number of fused-ring (bicyclic) bond motifs is 2. The lowest BCUT2D eigenvalue weighted by Gasteiger charge is -2.29. The molecule has 0 aliphatic carbocycles. The molecule has 0 atom stereocenters. The second-order valence-corrected chi connectivity index (χ2v) is 10.8. The van der Waals surface area contributed by atoms with Gasteiger partial charge in [0.15, 0.2) is 0 Å². The zero-order chi connectivity index (χ0) is 24.8. The summed E-state index contributed by atoms with van der Waals surface area (Å²) in [6.07, 6.45) is 6.08. The number of likely N-dealkylation sites (tertiary alicyclic amines) is 1. The largest absolute Gasteiger partial charge is 0.329 e. The molecule has 1 aliphatic heterocycles. The molecule has 0 saturated carbocycles. The Bertz CT molecular complexity index is 1640. The van der Waals surface area contributed by atoms with E-state index in [1.165, 1.54) is 12.1 Å². The molecular formula is C28H25FN6S. The number of rotatable bonds is 4. The summed E-state index contributed by atoms with van der Waals surface area (Å²) in [5.74, 6) is 0.0502. The summed E-state index contributed by atoms with van der Waals surface area (Å²) in [6, 6.07) is 10.9. The van der Waals surface area contributed by atoms with E-state index in [2.05, 4.69) is 32.4 Å². The van der Waals surface area contributed by atoms with Gasteiger partial charge in [-0.2, -0.15) is 0 Å². The lowest BCUT2D eigenvalue weighted by molar-refractivity contribution is 0.206. The number of aryl methyl sites for hydroxylation is 1. The minimum atomic E-state index is -0.540. The monoisotopic (exact) mass is 496 g/mol. The molecule has 5 aromatic rings. The first-order valence-electron chi connectivity index (χ1n) is 12.1. The van der Waals surface area contributed by atoms with Crippen molar-refractivity contribution in [2.45, 2.75) is 26.3 Å². The van der Waals surface area contributed by atoms with Crippen molar-refractivity contribution >= 4 is 38.3 Å². The molecule has 0 bridgehead atoms. The first-order chi connectivity index (χ1) is 17.5. The van der Waals surface area contributed by atoms with Gasteiger partial charge < -0.3 is 9.47 Å². The maximum Gasteiger partial charge on any atom is 0.222 e. The van der Waals surface area contributed by atoms with Gasteiger partial charge in [0.2, 0.25) is 5.69 Å². The number of pyridine rings is 1. The summed E-state index contributed by atoms with van der Waals surface area (Å²) >= 11 is 1.66. The Morgan fingerprint density at radius 2 is 1.92 bits per heavy atom. The van der Waals surface area contributed by atoms with Crippen LogP contribution in [0.4, 0.5) is 10.1 Å². The fourth-order valence-electron chi connectivity index (χ4n) is 5.13. The van der Waals surface area contributed by atoms with Crippen molar-refractivity contribution in [2.24, 2.45) is 5.92 Å². The predicted octanol–water partition coefficient (Wildman–Crippen LogP) is 6.72. The smallest absolute Gasteiger partial charge is 0.222 e. The van der Waals surface area contributed by atoms with Gasteiger partial charge in [-0.05, 0) is 69.6 Å². The average molecular weight is 497 g/mol. The quantitative estimate of drug-likeness (QED) is 0.259. The number of thiazole rings is 1. The second kappa shape index (κ2) is 9.08. The van der Waals surface area contributed by atoms with E-state index >= 15 is 0 Å². The van der Waals surface area contributed by atoms with E-state index in [0.29, 0.717) is 11.5 Å². The molecule has 3 aromatic heterocycles. The van der Waals surface area contributed by atoms with E-state index in [9.17, 15) is 4.39 Å². The molecule has 36 heavy (non-hydrogen) atoms. The second-order valence-electron chi connectivity index (χ2n) is 9.55. The van der Waals surface area contributed by atoms with Crippen molar-refractivity contribution in [3.8, 4) is 22.4 Å². The van der Waals surface area contributed by atoms with Gasteiger partial charge in [0.05, 0.1) is 45.5 Å². The van der Waals surface area contributed by atoms with Crippen LogP contribution in [0, 0.1) is 25.2 Å².